The van der Waals surface area contributed by atoms with E-state index in [9.17, 15) is 9.59 Å². The molecule has 24 heavy (non-hydrogen) atoms. The van der Waals surface area contributed by atoms with Gasteiger partial charge in [0, 0.05) is 12.1 Å². The number of nitrogens with one attached hydrogen (secondary N) is 1. The fourth-order valence-corrected chi connectivity index (χ4v) is 2.55. The van der Waals surface area contributed by atoms with E-state index in [4.69, 9.17) is 9.84 Å². The van der Waals surface area contributed by atoms with E-state index in [2.05, 4.69) is 5.32 Å². The van der Waals surface area contributed by atoms with Crippen molar-refractivity contribution in [3.63, 3.8) is 0 Å². The Balaban J connectivity index is 2.30. The monoisotopic (exact) mass is 329 g/mol. The molecule has 0 spiro atoms. The summed E-state index contributed by atoms with van der Waals surface area (Å²) in [7, 11) is 0. The highest BCUT2D eigenvalue weighted by atomic mass is 16.6. The molecule has 0 aliphatic heterocycles. The number of carboxylic acids is 1. The Bertz CT molecular complexity index is 747. The zero-order chi connectivity index (χ0) is 17.7. The van der Waals surface area contributed by atoms with Crippen molar-refractivity contribution in [3.05, 3.63) is 42.0 Å². The molecule has 0 saturated carbocycles. The lowest BCUT2D eigenvalue weighted by atomic mass is 9.98. The molecule has 0 heterocycles. The maximum Gasteiger partial charge on any atom is 0.412 e. The molecule has 0 radical (unpaired) electrons. The number of benzene rings is 2. The van der Waals surface area contributed by atoms with Crippen molar-refractivity contribution in [2.24, 2.45) is 0 Å². The van der Waals surface area contributed by atoms with Gasteiger partial charge in [0.2, 0.25) is 0 Å². The van der Waals surface area contributed by atoms with Gasteiger partial charge in [-0.15, -0.1) is 0 Å². The fraction of sp³-hybridized carbons (Fsp3) is 0.368. The predicted octanol–water partition coefficient (Wildman–Crippen LogP) is 4.59. The number of carbonyl (C=O) groups is 2. The minimum absolute atomic E-state index is 0.0924. The van der Waals surface area contributed by atoms with Crippen molar-refractivity contribution in [3.8, 4) is 0 Å². The average molecular weight is 329 g/mol. The van der Waals surface area contributed by atoms with Crippen LogP contribution >= 0.6 is 0 Å². The first-order valence-electron chi connectivity index (χ1n) is 7.99. The number of ether oxygens (including phenoxy) is 1. The zero-order valence-corrected chi connectivity index (χ0v) is 14.3. The minimum Gasteiger partial charge on any atom is -0.481 e. The molecule has 0 atom stereocenters. The van der Waals surface area contributed by atoms with Crippen LogP contribution in [0.1, 0.15) is 39.2 Å². The van der Waals surface area contributed by atoms with Gasteiger partial charge in [0.15, 0.2) is 0 Å². The second-order valence-corrected chi connectivity index (χ2v) is 6.69. The Morgan fingerprint density at radius 2 is 1.83 bits per heavy atom. The molecule has 0 unspecified atom stereocenters. The van der Waals surface area contributed by atoms with Gasteiger partial charge >= 0.3 is 12.1 Å². The van der Waals surface area contributed by atoms with E-state index in [-0.39, 0.29) is 6.42 Å². The van der Waals surface area contributed by atoms with Crippen LogP contribution in [0.2, 0.25) is 0 Å². The summed E-state index contributed by atoms with van der Waals surface area (Å²) in [6, 6.07) is 11.6. The summed E-state index contributed by atoms with van der Waals surface area (Å²) in [5, 5.41) is 13.7. The van der Waals surface area contributed by atoms with Crippen LogP contribution in [0.5, 0.6) is 0 Å². The van der Waals surface area contributed by atoms with Crippen molar-refractivity contribution in [1.82, 2.24) is 0 Å². The van der Waals surface area contributed by atoms with Gasteiger partial charge in [-0.2, -0.15) is 0 Å². The van der Waals surface area contributed by atoms with Crippen LogP contribution in [-0.4, -0.2) is 22.8 Å². The molecule has 2 N–H and O–H groups in total. The van der Waals surface area contributed by atoms with Gasteiger partial charge in [0.1, 0.15) is 5.60 Å². The highest BCUT2D eigenvalue weighted by Crippen LogP contribution is 2.28. The Morgan fingerprint density at radius 3 is 2.50 bits per heavy atom. The van der Waals surface area contributed by atoms with Crippen molar-refractivity contribution in [1.29, 1.82) is 0 Å². The lowest BCUT2D eigenvalue weighted by molar-refractivity contribution is -0.137. The molecular formula is C19H23NO4. The molecule has 0 aliphatic rings. The Kier molecular flexibility index (Phi) is 5.44. The van der Waals surface area contributed by atoms with Crippen LogP contribution in [0.15, 0.2) is 36.4 Å². The number of fused-ring (bicyclic) bond motifs is 1. The highest BCUT2D eigenvalue weighted by Gasteiger charge is 2.18. The van der Waals surface area contributed by atoms with Crippen molar-refractivity contribution in [2.75, 3.05) is 5.32 Å². The highest BCUT2D eigenvalue weighted by molar-refractivity contribution is 5.95. The first-order chi connectivity index (χ1) is 11.3. The van der Waals surface area contributed by atoms with Gasteiger partial charge in [-0.25, -0.2) is 4.79 Å². The van der Waals surface area contributed by atoms with Gasteiger partial charge in [-0.3, -0.25) is 10.1 Å². The molecular weight excluding hydrogens is 306 g/mol. The first-order valence-corrected chi connectivity index (χ1v) is 7.99. The third kappa shape index (κ3) is 4.98. The molecule has 2 rings (SSSR count). The van der Waals surface area contributed by atoms with Crippen LogP contribution < -0.4 is 5.32 Å². The Labute approximate surface area is 141 Å². The molecule has 2 aromatic rings. The quantitative estimate of drug-likeness (QED) is 0.841. The predicted molar refractivity (Wildman–Crippen MR) is 94.4 cm³/mol. The van der Waals surface area contributed by atoms with Crippen LogP contribution in [0.3, 0.4) is 0 Å². The molecule has 0 aromatic heterocycles. The second-order valence-electron chi connectivity index (χ2n) is 6.69. The van der Waals surface area contributed by atoms with Gasteiger partial charge in [-0.05, 0) is 56.0 Å². The van der Waals surface area contributed by atoms with Crippen LogP contribution in [0, 0.1) is 0 Å². The normalized spacial score (nSPS) is 11.3. The molecule has 2 aromatic carbocycles. The Morgan fingerprint density at radius 1 is 1.12 bits per heavy atom. The van der Waals surface area contributed by atoms with Gasteiger partial charge in [0.25, 0.3) is 0 Å². The van der Waals surface area contributed by atoms with E-state index in [1.165, 1.54) is 0 Å². The smallest absolute Gasteiger partial charge is 0.412 e. The summed E-state index contributed by atoms with van der Waals surface area (Å²) in [5.74, 6) is -0.822. The fourth-order valence-electron chi connectivity index (χ4n) is 2.55. The topological polar surface area (TPSA) is 75.6 Å². The minimum atomic E-state index is -0.822. The van der Waals surface area contributed by atoms with Gasteiger partial charge in [0.05, 0.1) is 0 Å². The van der Waals surface area contributed by atoms with E-state index < -0.39 is 17.7 Å². The lowest BCUT2D eigenvalue weighted by Crippen LogP contribution is -2.27. The standard InChI is InChI=1S/C19H23NO4/c1-19(2,3)24-18(23)20-16-12-11-13-7-4-5-8-14(13)15(16)9-6-10-17(21)22/h4-5,7-8,11-12H,6,9-10H2,1-3H3,(H,20,23)(H,21,22). The number of amides is 1. The molecule has 0 bridgehead atoms. The van der Waals surface area contributed by atoms with E-state index in [1.54, 1.807) is 20.8 Å². The molecule has 128 valence electrons. The summed E-state index contributed by atoms with van der Waals surface area (Å²) in [6.45, 7) is 5.42. The first kappa shape index (κ1) is 17.8. The number of anilines is 1. The maximum atomic E-state index is 12.1. The zero-order valence-electron chi connectivity index (χ0n) is 14.3. The van der Waals surface area contributed by atoms with Crippen molar-refractivity contribution >= 4 is 28.5 Å². The second kappa shape index (κ2) is 7.34. The van der Waals surface area contributed by atoms with E-state index in [0.29, 0.717) is 18.5 Å². The number of carboxylic acid groups (broad SMARTS) is 1. The molecule has 1 amide bonds. The van der Waals surface area contributed by atoms with Crippen molar-refractivity contribution in [2.45, 2.75) is 45.6 Å². The van der Waals surface area contributed by atoms with Gasteiger partial charge in [-0.1, -0.05) is 30.3 Å². The van der Waals surface area contributed by atoms with Crippen LogP contribution in [0.4, 0.5) is 10.5 Å². The maximum absolute atomic E-state index is 12.1. The summed E-state index contributed by atoms with van der Waals surface area (Å²) >= 11 is 0. The van der Waals surface area contributed by atoms with Crippen LogP contribution in [-0.2, 0) is 16.0 Å². The number of aliphatic carboxylic acids is 1. The molecule has 0 saturated heterocycles. The Hall–Kier alpha value is -2.56. The number of hydrogen-bond donors (Lipinski definition) is 2. The number of hydrogen-bond acceptors (Lipinski definition) is 3. The number of rotatable bonds is 5. The largest absolute Gasteiger partial charge is 0.481 e. The molecule has 0 aliphatic carbocycles. The average Bonchev–Trinajstić information content (AvgIpc) is 2.46. The van der Waals surface area contributed by atoms with E-state index in [0.717, 1.165) is 16.3 Å². The summed E-state index contributed by atoms with van der Waals surface area (Å²) in [5.41, 5.74) is 1.01. The third-order valence-corrected chi connectivity index (χ3v) is 3.49. The summed E-state index contributed by atoms with van der Waals surface area (Å²) in [6.07, 6.45) is 0.650. The van der Waals surface area contributed by atoms with Crippen LogP contribution in [0.25, 0.3) is 10.8 Å². The van der Waals surface area contributed by atoms with E-state index >= 15 is 0 Å². The molecule has 0 fully saturated rings. The number of carbonyl (C=O) groups excluding carboxylic acids is 1. The van der Waals surface area contributed by atoms with E-state index in [1.807, 2.05) is 36.4 Å². The third-order valence-electron chi connectivity index (χ3n) is 3.49. The molecule has 5 heteroatoms. The number of aryl methyl sites for hydroxylation is 1. The molecule has 5 nitrogen and oxygen atoms in total. The summed E-state index contributed by atoms with van der Waals surface area (Å²) in [4.78, 5) is 22.9. The summed E-state index contributed by atoms with van der Waals surface area (Å²) < 4.78 is 5.31. The SMILES string of the molecule is CC(C)(C)OC(=O)Nc1ccc2ccccc2c1CCCC(=O)O. The van der Waals surface area contributed by atoms with Gasteiger partial charge < -0.3 is 9.84 Å². The van der Waals surface area contributed by atoms with Crippen molar-refractivity contribution < 1.29 is 19.4 Å². The lowest BCUT2D eigenvalue weighted by Gasteiger charge is -2.21.